The molecular weight excluding hydrogens is 296 g/mol. The van der Waals surface area contributed by atoms with Gasteiger partial charge in [0.25, 0.3) is 0 Å². The molecule has 1 N–H and O–H groups in total. The van der Waals surface area contributed by atoms with Gasteiger partial charge in [0.05, 0.1) is 17.1 Å². The van der Waals surface area contributed by atoms with E-state index in [1.807, 2.05) is 0 Å². The Balaban J connectivity index is 2.72. The number of anilines is 1. The summed E-state index contributed by atoms with van der Waals surface area (Å²) >= 11 is 5.97. The van der Waals surface area contributed by atoms with Crippen molar-refractivity contribution in [2.45, 2.75) is 6.92 Å². The molecule has 0 spiro atoms. The van der Waals surface area contributed by atoms with Crippen LogP contribution < -0.4 is 10.1 Å². The maximum atomic E-state index is 11.3. The fourth-order valence-electron chi connectivity index (χ4n) is 1.91. The minimum atomic E-state index is -0.495. The van der Waals surface area contributed by atoms with Crippen molar-refractivity contribution in [1.29, 1.82) is 0 Å². The topological polar surface area (TPSA) is 90.2 Å². The Hall–Kier alpha value is -2.41. The second kappa shape index (κ2) is 5.92. The van der Waals surface area contributed by atoms with E-state index in [0.29, 0.717) is 22.3 Å². The average Bonchev–Trinajstić information content (AvgIpc) is 2.46. The van der Waals surface area contributed by atoms with E-state index >= 15 is 0 Å². The fraction of sp³-hybridized carbons (Fsp3) is 0.231. The van der Waals surface area contributed by atoms with Crippen LogP contribution in [0, 0.1) is 17.0 Å². The summed E-state index contributed by atoms with van der Waals surface area (Å²) in [5.41, 5.74) is 0.887. The Morgan fingerprint density at radius 2 is 2.10 bits per heavy atom. The van der Waals surface area contributed by atoms with Gasteiger partial charge >= 0.3 is 5.69 Å². The minimum absolute atomic E-state index is 0.140. The van der Waals surface area contributed by atoms with E-state index in [2.05, 4.69) is 15.3 Å². The Labute approximate surface area is 126 Å². The number of ether oxygens (including phenoxy) is 1. The van der Waals surface area contributed by atoms with Crippen molar-refractivity contribution >= 4 is 23.2 Å². The number of aromatic nitrogens is 2. The van der Waals surface area contributed by atoms with Gasteiger partial charge in [-0.05, 0) is 19.1 Å². The Kier molecular flexibility index (Phi) is 4.23. The molecule has 1 aromatic carbocycles. The van der Waals surface area contributed by atoms with E-state index < -0.39 is 4.92 Å². The lowest BCUT2D eigenvalue weighted by Gasteiger charge is -2.09. The van der Waals surface area contributed by atoms with Crippen LogP contribution in [0.4, 0.5) is 11.6 Å². The van der Waals surface area contributed by atoms with Crippen LogP contribution in [0.25, 0.3) is 11.3 Å². The third-order valence-corrected chi connectivity index (χ3v) is 3.20. The molecule has 0 radical (unpaired) electrons. The Morgan fingerprint density at radius 1 is 1.38 bits per heavy atom. The van der Waals surface area contributed by atoms with Crippen molar-refractivity contribution < 1.29 is 9.66 Å². The van der Waals surface area contributed by atoms with Crippen LogP contribution in [0.3, 0.4) is 0 Å². The van der Waals surface area contributed by atoms with Crippen molar-refractivity contribution in [2.24, 2.45) is 0 Å². The predicted octanol–water partition coefficient (Wildman–Crippen LogP) is 3.06. The molecule has 0 aliphatic rings. The van der Waals surface area contributed by atoms with Gasteiger partial charge in [-0.1, -0.05) is 17.7 Å². The lowest BCUT2D eigenvalue weighted by Crippen LogP contribution is -2.05. The summed E-state index contributed by atoms with van der Waals surface area (Å²) in [5.74, 6) is 0.729. The van der Waals surface area contributed by atoms with Gasteiger partial charge in [0.2, 0.25) is 5.95 Å². The molecule has 110 valence electrons. The first-order valence-electron chi connectivity index (χ1n) is 6.02. The minimum Gasteiger partial charge on any atom is -0.495 e. The number of halogens is 1. The number of benzene rings is 1. The monoisotopic (exact) mass is 308 g/mol. The van der Waals surface area contributed by atoms with Gasteiger partial charge in [-0.25, -0.2) is 9.97 Å². The molecule has 1 heterocycles. The number of nitro groups is 1. The predicted molar refractivity (Wildman–Crippen MR) is 80.0 cm³/mol. The van der Waals surface area contributed by atoms with Crippen LogP contribution in [0.2, 0.25) is 5.02 Å². The molecule has 1 aromatic heterocycles. The first-order valence-corrected chi connectivity index (χ1v) is 6.40. The van der Waals surface area contributed by atoms with Gasteiger partial charge in [-0.15, -0.1) is 0 Å². The molecule has 0 fully saturated rings. The maximum absolute atomic E-state index is 11.3. The molecule has 0 aliphatic heterocycles. The second-order valence-electron chi connectivity index (χ2n) is 4.19. The van der Waals surface area contributed by atoms with E-state index in [1.165, 1.54) is 7.11 Å². The molecular formula is C13H13ClN4O3. The third-order valence-electron chi connectivity index (χ3n) is 2.89. The van der Waals surface area contributed by atoms with E-state index in [0.717, 1.165) is 0 Å². The molecule has 0 bridgehead atoms. The quantitative estimate of drug-likeness (QED) is 0.689. The first-order chi connectivity index (χ1) is 9.97. The van der Waals surface area contributed by atoms with Gasteiger partial charge in [-0.3, -0.25) is 10.1 Å². The first kappa shape index (κ1) is 15.0. The molecule has 8 heteroatoms. The highest BCUT2D eigenvalue weighted by atomic mass is 35.5. The van der Waals surface area contributed by atoms with Crippen LogP contribution >= 0.6 is 11.6 Å². The zero-order chi connectivity index (χ0) is 15.6. The molecule has 0 amide bonds. The van der Waals surface area contributed by atoms with E-state index in [1.54, 1.807) is 32.2 Å². The zero-order valence-electron chi connectivity index (χ0n) is 11.7. The number of hydrogen-bond donors (Lipinski definition) is 1. The molecule has 2 rings (SSSR count). The molecule has 0 aliphatic carbocycles. The number of nitrogens with zero attached hydrogens (tertiary/aromatic N) is 3. The number of aryl methyl sites for hydroxylation is 1. The van der Waals surface area contributed by atoms with Crippen molar-refractivity contribution in [2.75, 3.05) is 19.5 Å². The van der Waals surface area contributed by atoms with Gasteiger partial charge in [0.1, 0.15) is 11.4 Å². The lowest BCUT2D eigenvalue weighted by molar-refractivity contribution is -0.385. The summed E-state index contributed by atoms with van der Waals surface area (Å²) in [5, 5.41) is 14.5. The smallest absolute Gasteiger partial charge is 0.316 e. The number of rotatable bonds is 4. The molecule has 0 atom stereocenters. The number of nitrogens with one attached hydrogen (secondary N) is 1. The van der Waals surface area contributed by atoms with Crippen molar-refractivity contribution in [1.82, 2.24) is 9.97 Å². The van der Waals surface area contributed by atoms with Gasteiger partial charge < -0.3 is 10.1 Å². The fourth-order valence-corrected chi connectivity index (χ4v) is 2.10. The Bertz CT molecular complexity index is 706. The molecule has 2 aromatic rings. The van der Waals surface area contributed by atoms with Crippen LogP contribution in [-0.2, 0) is 0 Å². The molecule has 0 unspecified atom stereocenters. The maximum Gasteiger partial charge on any atom is 0.316 e. The molecule has 0 saturated carbocycles. The summed E-state index contributed by atoms with van der Waals surface area (Å²) in [6.07, 6.45) is 0. The highest BCUT2D eigenvalue weighted by Gasteiger charge is 2.23. The van der Waals surface area contributed by atoms with Crippen molar-refractivity contribution in [3.8, 4) is 17.0 Å². The van der Waals surface area contributed by atoms with Crippen LogP contribution in [0.1, 0.15) is 5.69 Å². The van der Waals surface area contributed by atoms with E-state index in [-0.39, 0.29) is 17.1 Å². The highest BCUT2D eigenvalue weighted by molar-refractivity contribution is 6.32. The van der Waals surface area contributed by atoms with Crippen LogP contribution in [-0.4, -0.2) is 29.0 Å². The normalized spacial score (nSPS) is 10.3. The average molecular weight is 309 g/mol. The Morgan fingerprint density at radius 3 is 2.67 bits per heavy atom. The van der Waals surface area contributed by atoms with Crippen molar-refractivity contribution in [3.63, 3.8) is 0 Å². The van der Waals surface area contributed by atoms with Gasteiger partial charge in [0, 0.05) is 12.6 Å². The standard InChI is InChI=1S/C13H13ClN4O3/c1-7-12(18(19)20)11(17-13(15-2)16-7)8-4-5-9(14)10(6-8)21-3/h4-6H,1-3H3,(H,15,16,17). The summed E-state index contributed by atoms with van der Waals surface area (Å²) in [4.78, 5) is 19.0. The number of hydrogen-bond acceptors (Lipinski definition) is 6. The van der Waals surface area contributed by atoms with Crippen molar-refractivity contribution in [3.05, 3.63) is 39.0 Å². The molecule has 7 nitrogen and oxygen atoms in total. The van der Waals surface area contributed by atoms with Gasteiger partial charge in [0.15, 0.2) is 5.69 Å². The van der Waals surface area contributed by atoms with E-state index in [4.69, 9.17) is 16.3 Å². The SMILES string of the molecule is CNc1nc(C)c([N+](=O)[O-])c(-c2ccc(Cl)c(OC)c2)n1. The number of methoxy groups -OCH3 is 1. The third kappa shape index (κ3) is 2.87. The molecule has 21 heavy (non-hydrogen) atoms. The summed E-state index contributed by atoms with van der Waals surface area (Å²) in [7, 11) is 3.12. The highest BCUT2D eigenvalue weighted by Crippen LogP contribution is 2.35. The van der Waals surface area contributed by atoms with Crippen LogP contribution in [0.5, 0.6) is 5.75 Å². The van der Waals surface area contributed by atoms with Crippen LogP contribution in [0.15, 0.2) is 18.2 Å². The summed E-state index contributed by atoms with van der Waals surface area (Å²) in [6.45, 7) is 1.57. The lowest BCUT2D eigenvalue weighted by atomic mass is 10.1. The summed E-state index contributed by atoms with van der Waals surface area (Å²) < 4.78 is 5.13. The second-order valence-corrected chi connectivity index (χ2v) is 4.59. The largest absolute Gasteiger partial charge is 0.495 e. The van der Waals surface area contributed by atoms with Gasteiger partial charge in [-0.2, -0.15) is 0 Å². The van der Waals surface area contributed by atoms with E-state index in [9.17, 15) is 10.1 Å². The zero-order valence-corrected chi connectivity index (χ0v) is 12.4. The molecule has 0 saturated heterocycles. The summed E-state index contributed by atoms with van der Waals surface area (Å²) in [6, 6.07) is 4.87.